The lowest BCUT2D eigenvalue weighted by Gasteiger charge is -1.99. The average Bonchev–Trinajstić information content (AvgIpc) is 2.40. The summed E-state index contributed by atoms with van der Waals surface area (Å²) in [5.41, 5.74) is 1.17. The van der Waals surface area contributed by atoms with E-state index in [1.165, 1.54) is 44.3 Å². The fraction of sp³-hybridized carbons (Fsp3) is 0.500. The SMILES string of the molecule is C=Cc1ccccc1.CCCCNCCCC. The third-order valence-electron chi connectivity index (χ3n) is 2.45. The molecule has 0 amide bonds. The molecule has 1 heteroatoms. The van der Waals surface area contributed by atoms with Gasteiger partial charge in [0.2, 0.25) is 0 Å². The molecule has 1 aromatic rings. The molecule has 0 aromatic heterocycles. The highest BCUT2D eigenvalue weighted by Gasteiger charge is 1.83. The van der Waals surface area contributed by atoms with Crippen LogP contribution in [-0.2, 0) is 0 Å². The van der Waals surface area contributed by atoms with Crippen molar-refractivity contribution in [1.29, 1.82) is 0 Å². The van der Waals surface area contributed by atoms with Gasteiger partial charge < -0.3 is 5.32 Å². The summed E-state index contributed by atoms with van der Waals surface area (Å²) in [6.07, 6.45) is 7.09. The smallest absolute Gasteiger partial charge is 0.00490 e. The third kappa shape index (κ3) is 11.2. The lowest BCUT2D eigenvalue weighted by atomic mass is 10.2. The first-order valence-electron chi connectivity index (χ1n) is 6.73. The first-order valence-corrected chi connectivity index (χ1v) is 6.73. The summed E-state index contributed by atoms with van der Waals surface area (Å²) in [7, 11) is 0. The van der Waals surface area contributed by atoms with E-state index >= 15 is 0 Å². The molecular formula is C16H27N. The molecule has 1 aromatic carbocycles. The topological polar surface area (TPSA) is 12.0 Å². The zero-order chi connectivity index (χ0) is 12.8. The number of unbranched alkanes of at least 4 members (excludes halogenated alkanes) is 2. The van der Waals surface area contributed by atoms with Crippen LogP contribution in [0.1, 0.15) is 45.1 Å². The van der Waals surface area contributed by atoms with E-state index in [9.17, 15) is 0 Å². The maximum absolute atomic E-state index is 3.63. The van der Waals surface area contributed by atoms with Crippen LogP contribution in [0.25, 0.3) is 6.08 Å². The van der Waals surface area contributed by atoms with E-state index < -0.39 is 0 Å². The normalized spacial score (nSPS) is 9.29. The Morgan fingerprint density at radius 2 is 1.53 bits per heavy atom. The molecule has 1 nitrogen and oxygen atoms in total. The molecule has 0 aliphatic heterocycles. The quantitative estimate of drug-likeness (QED) is 0.683. The van der Waals surface area contributed by atoms with Crippen LogP contribution in [0.3, 0.4) is 0 Å². The predicted molar refractivity (Wildman–Crippen MR) is 79.2 cm³/mol. The largest absolute Gasteiger partial charge is 0.317 e. The number of hydrogen-bond acceptors (Lipinski definition) is 1. The molecule has 1 rings (SSSR count). The van der Waals surface area contributed by atoms with Crippen LogP contribution in [0.2, 0.25) is 0 Å². The molecule has 0 radical (unpaired) electrons. The second-order valence-electron chi connectivity index (χ2n) is 4.07. The Kier molecular flexibility index (Phi) is 12.2. The Morgan fingerprint density at radius 3 is 1.88 bits per heavy atom. The van der Waals surface area contributed by atoms with Gasteiger partial charge in [0.1, 0.15) is 0 Å². The Morgan fingerprint density at radius 1 is 1.00 bits per heavy atom. The molecule has 17 heavy (non-hydrogen) atoms. The van der Waals surface area contributed by atoms with Crippen molar-refractivity contribution in [2.75, 3.05) is 13.1 Å². The van der Waals surface area contributed by atoms with Gasteiger partial charge in [0.05, 0.1) is 0 Å². The van der Waals surface area contributed by atoms with Gasteiger partial charge in [0, 0.05) is 0 Å². The molecule has 0 bridgehead atoms. The highest BCUT2D eigenvalue weighted by atomic mass is 14.8. The van der Waals surface area contributed by atoms with E-state index in [1.807, 2.05) is 36.4 Å². The van der Waals surface area contributed by atoms with Crippen LogP contribution in [0.15, 0.2) is 36.9 Å². The molecule has 0 aliphatic rings. The van der Waals surface area contributed by atoms with E-state index in [0.717, 1.165) is 0 Å². The first-order chi connectivity index (χ1) is 8.35. The molecule has 0 spiro atoms. The second kappa shape index (κ2) is 13.0. The van der Waals surface area contributed by atoms with E-state index in [4.69, 9.17) is 0 Å². The molecule has 0 aliphatic carbocycles. The standard InChI is InChI=1S/C8H19N.C8H8/c1-3-5-7-9-8-6-4-2;1-2-8-6-4-3-5-7-8/h9H,3-8H2,1-2H3;2-7H,1H2. The van der Waals surface area contributed by atoms with Gasteiger partial charge >= 0.3 is 0 Å². The van der Waals surface area contributed by atoms with Gasteiger partial charge in [-0.3, -0.25) is 0 Å². The van der Waals surface area contributed by atoms with Crippen LogP contribution in [0.5, 0.6) is 0 Å². The van der Waals surface area contributed by atoms with E-state index in [1.54, 1.807) is 0 Å². The van der Waals surface area contributed by atoms with Crippen LogP contribution in [-0.4, -0.2) is 13.1 Å². The second-order valence-corrected chi connectivity index (χ2v) is 4.07. The summed E-state index contributed by atoms with van der Waals surface area (Å²) in [6, 6.07) is 10.0. The molecule has 0 saturated heterocycles. The summed E-state index contributed by atoms with van der Waals surface area (Å²) < 4.78 is 0. The molecule has 0 unspecified atom stereocenters. The highest BCUT2D eigenvalue weighted by Crippen LogP contribution is 1.97. The summed E-state index contributed by atoms with van der Waals surface area (Å²) >= 11 is 0. The van der Waals surface area contributed by atoms with Crippen molar-refractivity contribution in [2.24, 2.45) is 0 Å². The molecule has 0 atom stereocenters. The van der Waals surface area contributed by atoms with Gasteiger partial charge in [-0.2, -0.15) is 0 Å². The minimum Gasteiger partial charge on any atom is -0.317 e. The molecule has 0 saturated carbocycles. The minimum atomic E-state index is 1.17. The zero-order valence-electron chi connectivity index (χ0n) is 11.4. The van der Waals surface area contributed by atoms with Crippen LogP contribution < -0.4 is 5.32 Å². The number of benzene rings is 1. The summed E-state index contributed by atoms with van der Waals surface area (Å²) in [5.74, 6) is 0. The fourth-order valence-electron chi connectivity index (χ4n) is 1.32. The zero-order valence-corrected chi connectivity index (χ0v) is 11.4. The van der Waals surface area contributed by atoms with Crippen molar-refractivity contribution >= 4 is 6.08 Å². The Balaban J connectivity index is 0.000000302. The number of hydrogen-bond donors (Lipinski definition) is 1. The van der Waals surface area contributed by atoms with Gasteiger partial charge in [-0.25, -0.2) is 0 Å². The van der Waals surface area contributed by atoms with Gasteiger partial charge in [0.25, 0.3) is 0 Å². The van der Waals surface area contributed by atoms with Gasteiger partial charge in [-0.05, 0) is 31.5 Å². The summed E-state index contributed by atoms with van der Waals surface area (Å²) in [6.45, 7) is 10.5. The van der Waals surface area contributed by atoms with Gasteiger partial charge in [-0.15, -0.1) is 0 Å². The van der Waals surface area contributed by atoms with Crippen LogP contribution in [0.4, 0.5) is 0 Å². The molecule has 96 valence electrons. The van der Waals surface area contributed by atoms with Crippen molar-refractivity contribution < 1.29 is 0 Å². The predicted octanol–water partition coefficient (Wildman–Crippen LogP) is 4.51. The highest BCUT2D eigenvalue weighted by molar-refractivity contribution is 5.45. The van der Waals surface area contributed by atoms with E-state index in [2.05, 4.69) is 25.7 Å². The fourth-order valence-corrected chi connectivity index (χ4v) is 1.32. The Hall–Kier alpha value is -1.08. The molecule has 0 fully saturated rings. The van der Waals surface area contributed by atoms with E-state index in [-0.39, 0.29) is 0 Å². The summed E-state index contributed by atoms with van der Waals surface area (Å²) in [5, 5.41) is 3.39. The first kappa shape index (κ1) is 15.9. The summed E-state index contributed by atoms with van der Waals surface area (Å²) in [4.78, 5) is 0. The van der Waals surface area contributed by atoms with Crippen molar-refractivity contribution in [1.82, 2.24) is 5.32 Å². The number of rotatable bonds is 7. The maximum Gasteiger partial charge on any atom is -0.00490 e. The van der Waals surface area contributed by atoms with Crippen molar-refractivity contribution in [3.63, 3.8) is 0 Å². The van der Waals surface area contributed by atoms with Crippen molar-refractivity contribution in [3.8, 4) is 0 Å². The molecule has 1 N–H and O–H groups in total. The molecular weight excluding hydrogens is 206 g/mol. The number of nitrogens with one attached hydrogen (secondary N) is 1. The van der Waals surface area contributed by atoms with Gasteiger partial charge in [-0.1, -0.05) is 69.7 Å². The third-order valence-corrected chi connectivity index (χ3v) is 2.45. The van der Waals surface area contributed by atoms with Crippen LogP contribution in [0, 0.1) is 0 Å². The Labute approximate surface area is 107 Å². The Bertz CT molecular complexity index is 247. The van der Waals surface area contributed by atoms with Crippen molar-refractivity contribution in [3.05, 3.63) is 42.5 Å². The van der Waals surface area contributed by atoms with Crippen molar-refractivity contribution in [2.45, 2.75) is 39.5 Å². The monoisotopic (exact) mass is 233 g/mol. The lowest BCUT2D eigenvalue weighted by Crippen LogP contribution is -2.15. The average molecular weight is 233 g/mol. The van der Waals surface area contributed by atoms with Gasteiger partial charge in [0.15, 0.2) is 0 Å². The minimum absolute atomic E-state index is 1.17. The van der Waals surface area contributed by atoms with Crippen LogP contribution >= 0.6 is 0 Å². The van der Waals surface area contributed by atoms with E-state index in [0.29, 0.717) is 0 Å². The molecule has 0 heterocycles. The maximum atomic E-state index is 3.63. The lowest BCUT2D eigenvalue weighted by molar-refractivity contribution is 0.611.